The van der Waals surface area contributed by atoms with Crippen LogP contribution >= 0.6 is 15.9 Å². The fourth-order valence-electron chi connectivity index (χ4n) is 1.53. The van der Waals surface area contributed by atoms with Gasteiger partial charge in [0.05, 0.1) is 5.56 Å². The molecule has 0 heterocycles. The summed E-state index contributed by atoms with van der Waals surface area (Å²) < 4.78 is 37.6. The summed E-state index contributed by atoms with van der Waals surface area (Å²) in [5, 5.41) is 0. The van der Waals surface area contributed by atoms with Crippen molar-refractivity contribution in [2.24, 2.45) is 0 Å². The van der Waals surface area contributed by atoms with Gasteiger partial charge < -0.3 is 0 Å². The minimum absolute atomic E-state index is 0.00505. The number of ketones is 1. The van der Waals surface area contributed by atoms with Gasteiger partial charge in [-0.3, -0.25) is 4.79 Å². The molecule has 1 atom stereocenters. The normalized spacial score (nSPS) is 13.5. The molecule has 1 nitrogen and oxygen atoms in total. The molecule has 5 heteroatoms. The Kier molecular flexibility index (Phi) is 4.36. The van der Waals surface area contributed by atoms with Crippen LogP contribution in [-0.2, 0) is 11.0 Å². The summed E-state index contributed by atoms with van der Waals surface area (Å²) in [6.45, 7) is 3.43. The van der Waals surface area contributed by atoms with Gasteiger partial charge in [0.15, 0.2) is 0 Å². The SMILES string of the molecule is CCC(=O)C(C)c1ccc(C(F)(F)F)cc1Br. The average Bonchev–Trinajstić information content (AvgIpc) is 2.25. The van der Waals surface area contributed by atoms with Crippen LogP contribution < -0.4 is 0 Å². The topological polar surface area (TPSA) is 17.1 Å². The molecule has 1 aromatic rings. The maximum absolute atomic E-state index is 12.4. The third kappa shape index (κ3) is 3.31. The number of rotatable bonds is 3. The fourth-order valence-corrected chi connectivity index (χ4v) is 2.26. The molecule has 17 heavy (non-hydrogen) atoms. The van der Waals surface area contributed by atoms with E-state index < -0.39 is 17.7 Å². The van der Waals surface area contributed by atoms with E-state index in [-0.39, 0.29) is 5.78 Å². The van der Waals surface area contributed by atoms with Gasteiger partial charge in [-0.25, -0.2) is 0 Å². The summed E-state index contributed by atoms with van der Waals surface area (Å²) in [5.41, 5.74) is -0.130. The maximum Gasteiger partial charge on any atom is 0.416 e. The highest BCUT2D eigenvalue weighted by molar-refractivity contribution is 9.10. The molecule has 0 aliphatic rings. The Balaban J connectivity index is 3.10. The first-order valence-corrected chi connectivity index (χ1v) is 5.96. The van der Waals surface area contributed by atoms with E-state index in [4.69, 9.17) is 0 Å². The number of hydrogen-bond donors (Lipinski definition) is 0. The van der Waals surface area contributed by atoms with Gasteiger partial charge in [0.25, 0.3) is 0 Å². The van der Waals surface area contributed by atoms with Crippen LogP contribution in [0.25, 0.3) is 0 Å². The van der Waals surface area contributed by atoms with Crippen LogP contribution in [0.1, 0.15) is 37.3 Å². The van der Waals surface area contributed by atoms with Gasteiger partial charge in [0.1, 0.15) is 5.78 Å². The number of hydrogen-bond acceptors (Lipinski definition) is 1. The van der Waals surface area contributed by atoms with Crippen LogP contribution in [0.3, 0.4) is 0 Å². The second kappa shape index (κ2) is 5.21. The lowest BCUT2D eigenvalue weighted by Crippen LogP contribution is -2.10. The molecule has 0 amide bonds. The molecular formula is C12H12BrF3O. The predicted molar refractivity (Wildman–Crippen MR) is 62.9 cm³/mol. The van der Waals surface area contributed by atoms with Crippen molar-refractivity contribution in [3.63, 3.8) is 0 Å². The number of benzene rings is 1. The molecule has 0 saturated carbocycles. The van der Waals surface area contributed by atoms with E-state index in [1.54, 1.807) is 13.8 Å². The molecule has 0 aromatic heterocycles. The highest BCUT2D eigenvalue weighted by Crippen LogP contribution is 2.34. The summed E-state index contributed by atoms with van der Waals surface area (Å²) in [6.07, 6.45) is -3.99. The third-order valence-corrected chi connectivity index (χ3v) is 3.31. The van der Waals surface area contributed by atoms with Gasteiger partial charge in [-0.15, -0.1) is 0 Å². The summed E-state index contributed by atoms with van der Waals surface area (Å²) in [7, 11) is 0. The van der Waals surface area contributed by atoms with Crippen LogP contribution in [0.5, 0.6) is 0 Å². The molecule has 0 saturated heterocycles. The number of halogens is 4. The quantitative estimate of drug-likeness (QED) is 0.800. The van der Waals surface area contributed by atoms with Crippen molar-refractivity contribution < 1.29 is 18.0 Å². The van der Waals surface area contributed by atoms with Gasteiger partial charge in [0, 0.05) is 16.8 Å². The molecule has 0 aliphatic heterocycles. The summed E-state index contributed by atoms with van der Waals surface area (Å²) >= 11 is 3.09. The van der Waals surface area contributed by atoms with Crippen molar-refractivity contribution in [2.75, 3.05) is 0 Å². The van der Waals surface area contributed by atoms with E-state index >= 15 is 0 Å². The highest BCUT2D eigenvalue weighted by Gasteiger charge is 2.31. The molecular weight excluding hydrogens is 297 g/mol. The Morgan fingerprint density at radius 3 is 2.41 bits per heavy atom. The minimum Gasteiger partial charge on any atom is -0.299 e. The second-order valence-corrected chi connectivity index (χ2v) is 4.63. The zero-order valence-corrected chi connectivity index (χ0v) is 11.0. The van der Waals surface area contributed by atoms with Gasteiger partial charge in [-0.2, -0.15) is 13.2 Å². The fraction of sp³-hybridized carbons (Fsp3) is 0.417. The van der Waals surface area contributed by atoms with E-state index in [0.29, 0.717) is 16.5 Å². The molecule has 1 unspecified atom stereocenters. The summed E-state index contributed by atoms with van der Waals surface area (Å²) in [4.78, 5) is 11.5. The Labute approximate surface area is 106 Å². The van der Waals surface area contributed by atoms with Crippen molar-refractivity contribution in [1.29, 1.82) is 0 Å². The van der Waals surface area contributed by atoms with Crippen molar-refractivity contribution in [1.82, 2.24) is 0 Å². The molecule has 0 aliphatic carbocycles. The lowest BCUT2D eigenvalue weighted by atomic mass is 9.94. The van der Waals surface area contributed by atoms with E-state index in [2.05, 4.69) is 15.9 Å². The zero-order chi connectivity index (χ0) is 13.2. The molecule has 0 N–H and O–H groups in total. The lowest BCUT2D eigenvalue weighted by molar-refractivity contribution is -0.137. The largest absolute Gasteiger partial charge is 0.416 e. The average molecular weight is 309 g/mol. The first kappa shape index (κ1) is 14.2. The van der Waals surface area contributed by atoms with Gasteiger partial charge >= 0.3 is 6.18 Å². The van der Waals surface area contributed by atoms with Crippen molar-refractivity contribution in [3.8, 4) is 0 Å². The summed E-state index contributed by atoms with van der Waals surface area (Å²) in [6, 6.07) is 3.36. The molecule has 94 valence electrons. The Morgan fingerprint density at radius 2 is 2.00 bits per heavy atom. The standard InChI is InChI=1S/C12H12BrF3O/c1-3-11(17)7(2)9-5-4-8(6-10(9)13)12(14,15)16/h4-7H,3H2,1-2H3. The molecule has 0 fully saturated rings. The molecule has 1 aromatic carbocycles. The molecule has 0 radical (unpaired) electrons. The smallest absolute Gasteiger partial charge is 0.299 e. The van der Waals surface area contributed by atoms with E-state index in [0.717, 1.165) is 12.1 Å². The van der Waals surface area contributed by atoms with Gasteiger partial charge in [-0.05, 0) is 17.7 Å². The van der Waals surface area contributed by atoms with Crippen molar-refractivity contribution >= 4 is 21.7 Å². The predicted octanol–water partition coefficient (Wildman–Crippen LogP) is 4.55. The molecule has 0 bridgehead atoms. The number of carbonyl (C=O) groups excluding carboxylic acids is 1. The second-order valence-electron chi connectivity index (χ2n) is 3.78. The highest BCUT2D eigenvalue weighted by atomic mass is 79.9. The van der Waals surface area contributed by atoms with Crippen molar-refractivity contribution in [3.05, 3.63) is 33.8 Å². The van der Waals surface area contributed by atoms with Crippen LogP contribution in [0, 0.1) is 0 Å². The molecule has 0 spiro atoms. The van der Waals surface area contributed by atoms with Gasteiger partial charge in [0.2, 0.25) is 0 Å². The monoisotopic (exact) mass is 308 g/mol. The number of alkyl halides is 3. The number of Topliss-reactive ketones (excluding diaryl/α,β-unsaturated/α-hetero) is 1. The number of carbonyl (C=O) groups is 1. The Morgan fingerprint density at radius 1 is 1.41 bits per heavy atom. The summed E-state index contributed by atoms with van der Waals surface area (Å²) in [5.74, 6) is -0.387. The first-order valence-electron chi connectivity index (χ1n) is 5.16. The molecule has 1 rings (SSSR count). The first-order chi connectivity index (χ1) is 7.77. The third-order valence-electron chi connectivity index (χ3n) is 2.63. The van der Waals surface area contributed by atoms with Crippen LogP contribution in [0.15, 0.2) is 22.7 Å². The maximum atomic E-state index is 12.4. The van der Waals surface area contributed by atoms with Crippen molar-refractivity contribution in [2.45, 2.75) is 32.4 Å². The van der Waals surface area contributed by atoms with Crippen LogP contribution in [0.4, 0.5) is 13.2 Å². The lowest BCUT2D eigenvalue weighted by Gasteiger charge is -2.14. The zero-order valence-electron chi connectivity index (χ0n) is 9.44. The minimum atomic E-state index is -4.36. The van der Waals surface area contributed by atoms with E-state index in [9.17, 15) is 18.0 Å². The van der Waals surface area contributed by atoms with Crippen LogP contribution in [-0.4, -0.2) is 5.78 Å². The van der Waals surface area contributed by atoms with Crippen LogP contribution in [0.2, 0.25) is 0 Å². The van der Waals surface area contributed by atoms with E-state index in [1.165, 1.54) is 6.07 Å². The van der Waals surface area contributed by atoms with Gasteiger partial charge in [-0.1, -0.05) is 35.8 Å². The Hall–Kier alpha value is -0.840. The van der Waals surface area contributed by atoms with E-state index in [1.807, 2.05) is 0 Å². The Bertz CT molecular complexity index is 426.